The van der Waals surface area contributed by atoms with Crippen LogP contribution in [0.4, 0.5) is 0 Å². The largest absolute Gasteiger partial charge is 1.00 e. The van der Waals surface area contributed by atoms with Crippen molar-refractivity contribution in [2.75, 3.05) is 0 Å². The second kappa shape index (κ2) is 28.5. The van der Waals surface area contributed by atoms with E-state index in [1.807, 2.05) is 0 Å². The van der Waals surface area contributed by atoms with E-state index in [9.17, 15) is 0 Å². The van der Waals surface area contributed by atoms with Crippen molar-refractivity contribution >= 4 is 97.3 Å². The van der Waals surface area contributed by atoms with Crippen LogP contribution in [0.1, 0.15) is 101 Å². The standard InChI is InChI=1S/2C23H21.2C22H21Si.4CH3.4ClH.2H2Si.2Zr/c4*1-23(2,3)18-14-17-10-7-13-21(22(17)15-18)20-12-6-9-16-8-4-5-11-19(16)20;;;;;;;;;;;;/h4*4-15H,1-3H3;4*1H3;4*1H;2*1H2;;/p-4. The molecule has 0 saturated heterocycles. The van der Waals surface area contributed by atoms with E-state index in [-0.39, 0.29) is 60.5 Å². The molecule has 0 aliphatic heterocycles. The second-order valence-corrected chi connectivity index (χ2v) is 107. The molecule has 532 valence electrons. The molecule has 0 nitrogen and oxygen atoms in total. The summed E-state index contributed by atoms with van der Waals surface area (Å²) < 4.78 is 13.2. The van der Waals surface area contributed by atoms with Gasteiger partial charge in [-0.15, -0.1) is 0 Å². The Morgan fingerprint density at radius 2 is 0.462 bits per heavy atom. The molecule has 4 aliphatic rings. The maximum atomic E-state index is 2.84. The van der Waals surface area contributed by atoms with Gasteiger partial charge in [0.25, 0.3) is 0 Å². The van der Waals surface area contributed by atoms with Gasteiger partial charge in [-0.1, -0.05) is 0 Å². The Hall–Kier alpha value is -5.57. The molecule has 0 saturated carbocycles. The molecule has 0 aromatic heterocycles. The first-order valence-corrected chi connectivity index (χ1v) is 71.1. The van der Waals surface area contributed by atoms with Crippen molar-refractivity contribution in [2.24, 2.45) is 10.8 Å². The molecule has 12 aromatic carbocycles. The minimum absolute atomic E-state index is 0. The topological polar surface area (TPSA) is 0 Å². The molecule has 104 heavy (non-hydrogen) atoms. The van der Waals surface area contributed by atoms with Crippen LogP contribution in [0.3, 0.4) is 0 Å². The van der Waals surface area contributed by atoms with Crippen LogP contribution in [0, 0.1) is 10.8 Å². The minimum Gasteiger partial charge on any atom is -1.00 e. The van der Waals surface area contributed by atoms with Crippen LogP contribution < -0.4 is 49.6 Å². The van der Waals surface area contributed by atoms with Crippen LogP contribution >= 0.6 is 0 Å². The Morgan fingerprint density at radius 3 is 0.712 bits per heavy atom. The Labute approximate surface area is 652 Å². The summed E-state index contributed by atoms with van der Waals surface area (Å²) in [7, 11) is -3.43. The molecular weight excluding hydrogens is 1570 g/mol. The van der Waals surface area contributed by atoms with Gasteiger partial charge in [0.2, 0.25) is 0 Å². The van der Waals surface area contributed by atoms with Crippen LogP contribution in [0.2, 0.25) is 57.8 Å². The van der Waals surface area contributed by atoms with Crippen LogP contribution in [-0.4, -0.2) is 29.9 Å². The Bertz CT molecular complexity index is 5000. The van der Waals surface area contributed by atoms with Crippen molar-refractivity contribution < 1.29 is 84.4 Å². The fraction of sp³-hybridized carbons (Fsp3) is 0.234. The van der Waals surface area contributed by atoms with E-state index < -0.39 is 50.9 Å². The number of allylic oxidation sites excluding steroid dienone is 4. The van der Waals surface area contributed by atoms with Crippen molar-refractivity contribution in [3.8, 4) is 44.5 Å². The molecule has 4 unspecified atom stereocenters. The molecule has 0 heterocycles. The zero-order chi connectivity index (χ0) is 70.5. The Kier molecular flexibility index (Phi) is 21.7. The van der Waals surface area contributed by atoms with Gasteiger partial charge in [-0.25, -0.2) is 0 Å². The van der Waals surface area contributed by atoms with E-state index >= 15 is 0 Å². The second-order valence-electron chi connectivity index (χ2n) is 36.3. The van der Waals surface area contributed by atoms with Gasteiger partial charge < -0.3 is 49.6 Å². The Morgan fingerprint density at radius 1 is 0.260 bits per heavy atom. The Balaban J connectivity index is 0.000000201. The summed E-state index contributed by atoms with van der Waals surface area (Å²) in [5, 5.41) is 14.1. The van der Waals surface area contributed by atoms with Gasteiger partial charge in [0, 0.05) is 0 Å². The third-order valence-electron chi connectivity index (χ3n) is 23.8. The van der Waals surface area contributed by atoms with Crippen LogP contribution in [0.25, 0.3) is 112 Å². The maximum Gasteiger partial charge on any atom is -1.00 e. The predicted octanol–water partition coefficient (Wildman–Crippen LogP) is 14.3. The van der Waals surface area contributed by atoms with Crippen molar-refractivity contribution in [3.05, 3.63) is 309 Å². The monoisotopic (exact) mass is 1660 g/mol. The summed E-state index contributed by atoms with van der Waals surface area (Å²) >= 11 is -7.80. The van der Waals surface area contributed by atoms with Gasteiger partial charge in [-0.2, -0.15) is 0 Å². The molecule has 0 bridgehead atoms. The van der Waals surface area contributed by atoms with Crippen molar-refractivity contribution in [1.82, 2.24) is 0 Å². The zero-order valence-electron chi connectivity index (χ0n) is 63.6. The molecule has 0 radical (unpaired) electrons. The number of benzene rings is 12. The van der Waals surface area contributed by atoms with E-state index in [2.05, 4.69) is 380 Å². The molecule has 0 amide bonds. The normalized spacial score (nSPS) is 17.2. The van der Waals surface area contributed by atoms with Gasteiger partial charge >= 0.3 is 610 Å². The molecule has 16 rings (SSSR count). The van der Waals surface area contributed by atoms with Gasteiger partial charge in [0.05, 0.1) is 0 Å². The van der Waals surface area contributed by atoms with Crippen LogP contribution in [-0.2, 0) is 34.8 Å². The van der Waals surface area contributed by atoms with Crippen LogP contribution in [0.5, 0.6) is 0 Å². The summed E-state index contributed by atoms with van der Waals surface area (Å²) in [5.74, 6) is 0. The van der Waals surface area contributed by atoms with Gasteiger partial charge in [0.15, 0.2) is 0 Å². The first kappa shape index (κ1) is 79.5. The van der Waals surface area contributed by atoms with E-state index in [1.54, 1.807) is 43.8 Å². The van der Waals surface area contributed by atoms with Crippen LogP contribution in [0.15, 0.2) is 264 Å². The fourth-order valence-electron chi connectivity index (χ4n) is 19.4. The van der Waals surface area contributed by atoms with Gasteiger partial charge in [-0.05, 0) is 0 Å². The molecule has 10 heteroatoms. The maximum absolute atomic E-state index is 3.93. The summed E-state index contributed by atoms with van der Waals surface area (Å²) in [6.07, 6.45) is 10.7. The van der Waals surface area contributed by atoms with Crippen molar-refractivity contribution in [1.29, 1.82) is 0 Å². The molecule has 0 N–H and O–H groups in total. The summed E-state index contributed by atoms with van der Waals surface area (Å²) in [4.78, 5) is 0. The van der Waals surface area contributed by atoms with Crippen molar-refractivity contribution in [3.63, 3.8) is 0 Å². The first-order valence-electron chi connectivity index (χ1n) is 36.7. The smallest absolute Gasteiger partial charge is 1.00 e. The average Bonchev–Trinajstić information content (AvgIpc) is 1.51. The number of hydrogen-bond donors (Lipinski definition) is 0. The fourth-order valence-corrected chi connectivity index (χ4v) is 74.6. The summed E-state index contributed by atoms with van der Waals surface area (Å²) in [5.41, 5.74) is 26.5. The van der Waals surface area contributed by atoms with Crippen molar-refractivity contribution in [2.45, 2.75) is 114 Å². The predicted molar refractivity (Wildman–Crippen MR) is 447 cm³/mol. The summed E-state index contributed by atoms with van der Waals surface area (Å²) in [6, 6.07) is 91.8. The third-order valence-corrected chi connectivity index (χ3v) is 64.0. The molecule has 12 aromatic rings. The quantitative estimate of drug-likeness (QED) is 0.120. The minimum atomic E-state index is -3.93. The number of hydrogen-bond acceptors (Lipinski definition) is 0. The molecule has 4 atom stereocenters. The van der Waals surface area contributed by atoms with Gasteiger partial charge in [-0.3, -0.25) is 0 Å². The SMILES string of the molecule is CC(C)(C)C1=Cc2c(-c3cccc4ccccc34)cccc2[CH]1[Zr]([CH3])([CH3])(=[SiH2])[CH]1C(C(C)(C)C)=Cc2c(-c3cccc4ccccc34)cccc21.C[Si](C)(C)C1=Cc2c(-c3cccc4ccccc34)cccc2[CH]1[Zr]([CH3])([CH3])(=[SiH2])[CH]1C([Si](C)(C)C)=Cc2c(-c3cccc4ccccc34)cccc21.[Cl-].[Cl-].[Cl-].[Cl-]. The number of rotatable bonds is 10. The molecule has 4 aliphatic carbocycles. The average molecular weight is 1670 g/mol. The van der Waals surface area contributed by atoms with E-state index in [0.29, 0.717) is 14.5 Å². The van der Waals surface area contributed by atoms with E-state index in [0.717, 1.165) is 0 Å². The molecule has 0 spiro atoms. The molecule has 0 fully saturated rings. The summed E-state index contributed by atoms with van der Waals surface area (Å²) in [6.45, 7) is 35.3. The number of halogens is 4. The van der Waals surface area contributed by atoms with E-state index in [1.165, 1.54) is 110 Å². The van der Waals surface area contributed by atoms with E-state index in [4.69, 9.17) is 0 Å². The number of fused-ring (bicyclic) bond motifs is 8. The zero-order valence-corrected chi connectivity index (χ0v) is 76.4. The van der Waals surface area contributed by atoms with Gasteiger partial charge in [0.1, 0.15) is 0 Å². The first-order chi connectivity index (χ1) is 47.3. The molecular formula is C94H100Cl4Si4Zr2-4. The third kappa shape index (κ3) is 13.6.